The topological polar surface area (TPSA) is 57.7 Å². The average molecular weight is 329 g/mol. The molecular weight excluding hydrogens is 298 g/mol. The number of H-pyrrole nitrogens is 1. The van der Waals surface area contributed by atoms with Gasteiger partial charge in [0.25, 0.3) is 0 Å². The van der Waals surface area contributed by atoms with E-state index in [4.69, 9.17) is 4.98 Å². The number of nitrogens with one attached hydrogen (secondary N) is 1. The molecule has 3 heterocycles. The molecule has 0 aromatic carbocycles. The summed E-state index contributed by atoms with van der Waals surface area (Å²) in [7, 11) is 0. The summed E-state index contributed by atoms with van der Waals surface area (Å²) in [6.45, 7) is 6.13. The van der Waals surface area contributed by atoms with Crippen molar-refractivity contribution in [1.82, 2.24) is 25.1 Å². The molecule has 132 valence electrons. The zero-order valence-electron chi connectivity index (χ0n) is 15.1. The number of aromatic amines is 1. The van der Waals surface area contributed by atoms with Crippen LogP contribution < -0.4 is 0 Å². The Labute approximate surface area is 145 Å². The Morgan fingerprint density at radius 2 is 1.88 bits per heavy atom. The van der Waals surface area contributed by atoms with Crippen LogP contribution >= 0.6 is 0 Å². The highest BCUT2D eigenvalue weighted by Crippen LogP contribution is 2.16. The molecule has 0 spiro atoms. The highest BCUT2D eigenvalue weighted by Gasteiger charge is 2.11. The second kappa shape index (κ2) is 9.11. The van der Waals surface area contributed by atoms with Crippen LogP contribution in [-0.2, 0) is 12.8 Å². The number of hydrogen-bond donors (Lipinski definition) is 1. The molecule has 1 saturated heterocycles. The number of unbranched alkanes of at least 4 members (excludes halogenated alkanes) is 4. The summed E-state index contributed by atoms with van der Waals surface area (Å²) in [6, 6.07) is 0. The lowest BCUT2D eigenvalue weighted by Crippen LogP contribution is -2.20. The first-order chi connectivity index (χ1) is 11.9. The Hall–Kier alpha value is -1.49. The van der Waals surface area contributed by atoms with E-state index in [1.54, 1.807) is 0 Å². The summed E-state index contributed by atoms with van der Waals surface area (Å²) in [6.07, 6.45) is 14.2. The summed E-state index contributed by atoms with van der Waals surface area (Å²) < 4.78 is 0. The maximum atomic E-state index is 4.73. The van der Waals surface area contributed by atoms with Crippen molar-refractivity contribution in [1.29, 1.82) is 0 Å². The second-order valence-electron chi connectivity index (χ2n) is 7.04. The van der Waals surface area contributed by atoms with Gasteiger partial charge in [0, 0.05) is 6.42 Å². The molecule has 0 unspecified atom stereocenters. The monoisotopic (exact) mass is 329 g/mol. The minimum absolute atomic E-state index is 0.902. The molecule has 0 saturated carbocycles. The third-order valence-corrected chi connectivity index (χ3v) is 5.02. The number of hydrogen-bond acceptors (Lipinski definition) is 4. The van der Waals surface area contributed by atoms with Crippen molar-refractivity contribution in [2.75, 3.05) is 19.6 Å². The lowest BCUT2D eigenvalue weighted by atomic mass is 10.1. The molecule has 2 aromatic rings. The molecule has 0 atom stereocenters. The standard InChI is InChI=1S/C19H31N5/c1-2-3-11-18-20-15-17-19(21-18)16(22-23-17)10-6-4-5-7-12-24-13-8-9-14-24/h15H,2-14H2,1H3,(H,22,23). The van der Waals surface area contributed by atoms with E-state index in [-0.39, 0.29) is 0 Å². The van der Waals surface area contributed by atoms with Crippen LogP contribution in [0, 0.1) is 0 Å². The number of aromatic nitrogens is 4. The zero-order valence-corrected chi connectivity index (χ0v) is 15.1. The summed E-state index contributed by atoms with van der Waals surface area (Å²) >= 11 is 0. The van der Waals surface area contributed by atoms with E-state index in [0.717, 1.165) is 36.1 Å². The average Bonchev–Trinajstić information content (AvgIpc) is 3.26. The van der Waals surface area contributed by atoms with Gasteiger partial charge >= 0.3 is 0 Å². The van der Waals surface area contributed by atoms with Gasteiger partial charge in [-0.1, -0.05) is 26.2 Å². The number of rotatable bonds is 10. The van der Waals surface area contributed by atoms with Gasteiger partial charge in [0.05, 0.1) is 11.9 Å². The van der Waals surface area contributed by atoms with Gasteiger partial charge in [-0.15, -0.1) is 0 Å². The lowest BCUT2D eigenvalue weighted by molar-refractivity contribution is 0.328. The predicted octanol–water partition coefficient (Wildman–Crippen LogP) is 3.89. The van der Waals surface area contributed by atoms with E-state index in [1.807, 2.05) is 6.20 Å². The van der Waals surface area contributed by atoms with Gasteiger partial charge in [0.2, 0.25) is 0 Å². The quantitative estimate of drug-likeness (QED) is 0.672. The van der Waals surface area contributed by atoms with Gasteiger partial charge in [0.1, 0.15) is 16.9 Å². The van der Waals surface area contributed by atoms with Crippen LogP contribution in [0.1, 0.15) is 69.8 Å². The molecule has 0 radical (unpaired) electrons. The second-order valence-corrected chi connectivity index (χ2v) is 7.04. The Bertz CT molecular complexity index is 615. The van der Waals surface area contributed by atoms with Crippen molar-refractivity contribution in [3.63, 3.8) is 0 Å². The van der Waals surface area contributed by atoms with Crippen molar-refractivity contribution in [2.45, 2.75) is 71.1 Å². The van der Waals surface area contributed by atoms with Crippen LogP contribution in [0.3, 0.4) is 0 Å². The number of nitrogens with zero attached hydrogens (tertiary/aromatic N) is 4. The van der Waals surface area contributed by atoms with Crippen molar-refractivity contribution in [3.05, 3.63) is 17.7 Å². The number of aryl methyl sites for hydroxylation is 2. The van der Waals surface area contributed by atoms with Crippen LogP contribution in [0.5, 0.6) is 0 Å². The van der Waals surface area contributed by atoms with E-state index in [0.29, 0.717) is 0 Å². The molecule has 5 nitrogen and oxygen atoms in total. The highest BCUT2D eigenvalue weighted by molar-refractivity contribution is 5.75. The Morgan fingerprint density at radius 3 is 2.71 bits per heavy atom. The maximum Gasteiger partial charge on any atom is 0.129 e. The first-order valence-corrected chi connectivity index (χ1v) is 9.78. The maximum absolute atomic E-state index is 4.73. The molecule has 24 heavy (non-hydrogen) atoms. The van der Waals surface area contributed by atoms with Crippen molar-refractivity contribution >= 4 is 11.0 Å². The van der Waals surface area contributed by atoms with Crippen molar-refractivity contribution in [2.24, 2.45) is 0 Å². The van der Waals surface area contributed by atoms with Crippen molar-refractivity contribution in [3.8, 4) is 0 Å². The molecule has 1 fully saturated rings. The zero-order chi connectivity index (χ0) is 16.6. The third-order valence-electron chi connectivity index (χ3n) is 5.02. The predicted molar refractivity (Wildman–Crippen MR) is 98.1 cm³/mol. The largest absolute Gasteiger partial charge is 0.303 e. The fraction of sp³-hybridized carbons (Fsp3) is 0.737. The summed E-state index contributed by atoms with van der Waals surface area (Å²) in [5.74, 6) is 0.956. The fourth-order valence-corrected chi connectivity index (χ4v) is 3.52. The van der Waals surface area contributed by atoms with Crippen LogP contribution in [0.2, 0.25) is 0 Å². The molecule has 2 aromatic heterocycles. The molecule has 0 amide bonds. The van der Waals surface area contributed by atoms with Gasteiger partial charge in [-0.2, -0.15) is 5.10 Å². The summed E-state index contributed by atoms with van der Waals surface area (Å²) in [4.78, 5) is 11.8. The van der Waals surface area contributed by atoms with Gasteiger partial charge < -0.3 is 4.90 Å². The van der Waals surface area contributed by atoms with Crippen LogP contribution in [-0.4, -0.2) is 44.7 Å². The first-order valence-electron chi connectivity index (χ1n) is 9.78. The van der Waals surface area contributed by atoms with Gasteiger partial charge in [-0.3, -0.25) is 5.10 Å². The van der Waals surface area contributed by atoms with E-state index < -0.39 is 0 Å². The molecule has 1 N–H and O–H groups in total. The number of likely N-dealkylation sites (tertiary alicyclic amines) is 1. The Kier molecular flexibility index (Phi) is 6.58. The van der Waals surface area contributed by atoms with E-state index >= 15 is 0 Å². The molecule has 1 aliphatic heterocycles. The van der Waals surface area contributed by atoms with Gasteiger partial charge in [-0.05, 0) is 58.2 Å². The van der Waals surface area contributed by atoms with Crippen LogP contribution in [0.4, 0.5) is 0 Å². The molecule has 3 rings (SSSR count). The minimum Gasteiger partial charge on any atom is -0.303 e. The van der Waals surface area contributed by atoms with Crippen LogP contribution in [0.15, 0.2) is 6.20 Å². The van der Waals surface area contributed by atoms with Crippen molar-refractivity contribution < 1.29 is 0 Å². The highest BCUT2D eigenvalue weighted by atomic mass is 15.1. The summed E-state index contributed by atoms with van der Waals surface area (Å²) in [5, 5.41) is 7.52. The molecule has 0 bridgehead atoms. The van der Waals surface area contributed by atoms with E-state index in [9.17, 15) is 0 Å². The minimum atomic E-state index is 0.902. The Balaban J connectivity index is 1.42. The molecule has 1 aliphatic rings. The lowest BCUT2D eigenvalue weighted by Gasteiger charge is -2.13. The molecule has 0 aliphatic carbocycles. The smallest absolute Gasteiger partial charge is 0.129 e. The van der Waals surface area contributed by atoms with Crippen LogP contribution in [0.25, 0.3) is 11.0 Å². The van der Waals surface area contributed by atoms with E-state index in [2.05, 4.69) is 27.0 Å². The normalized spacial score (nSPS) is 15.5. The first kappa shape index (κ1) is 17.3. The van der Waals surface area contributed by atoms with E-state index in [1.165, 1.54) is 70.3 Å². The Morgan fingerprint density at radius 1 is 1.04 bits per heavy atom. The third kappa shape index (κ3) is 4.76. The fourth-order valence-electron chi connectivity index (χ4n) is 3.52. The number of fused-ring (bicyclic) bond motifs is 1. The van der Waals surface area contributed by atoms with Gasteiger partial charge in [-0.25, -0.2) is 9.97 Å². The van der Waals surface area contributed by atoms with Gasteiger partial charge in [0.15, 0.2) is 0 Å². The SMILES string of the molecule is CCCCc1ncc2n[nH]c(CCCCCCN3CCCC3)c2n1. The summed E-state index contributed by atoms with van der Waals surface area (Å²) in [5.41, 5.74) is 3.12. The molecule has 5 heteroatoms. The molecular formula is C19H31N5.